The molecule has 4 unspecified atom stereocenters. The minimum atomic E-state index is -0.720. The lowest BCUT2D eigenvalue weighted by Crippen LogP contribution is -2.38. The maximum absolute atomic E-state index is 12.3. The molecule has 1 saturated carbocycles. The number of methoxy groups -OCH3 is 1. The van der Waals surface area contributed by atoms with E-state index in [1.807, 2.05) is 0 Å². The summed E-state index contributed by atoms with van der Waals surface area (Å²) in [6.45, 7) is 3.64. The van der Waals surface area contributed by atoms with Crippen molar-refractivity contribution in [2.75, 3.05) is 26.0 Å². The Kier molecular flexibility index (Phi) is 7.32. The van der Waals surface area contributed by atoms with Crippen LogP contribution in [0.4, 0.5) is 0 Å². The Morgan fingerprint density at radius 1 is 1.41 bits per heavy atom. The quantitative estimate of drug-likeness (QED) is 0.712. The maximum atomic E-state index is 12.3. The average Bonchev–Trinajstić information content (AvgIpc) is 2.38. The van der Waals surface area contributed by atoms with Gasteiger partial charge in [0.2, 0.25) is 0 Å². The molecule has 4 atom stereocenters. The highest BCUT2D eigenvalue weighted by Gasteiger charge is 2.32. The summed E-state index contributed by atoms with van der Waals surface area (Å²) in [4.78, 5) is 0. The molecule has 2 N–H and O–H groups in total. The van der Waals surface area contributed by atoms with Gasteiger partial charge in [-0.15, -0.1) is 0 Å². The third kappa shape index (κ3) is 4.68. The Bertz CT molecular complexity index is 235. The van der Waals surface area contributed by atoms with Gasteiger partial charge in [0.25, 0.3) is 0 Å². The Morgan fingerprint density at radius 2 is 2.18 bits per heavy atom. The highest BCUT2D eigenvalue weighted by atomic mass is 32.2. The molecule has 0 amide bonds. The summed E-state index contributed by atoms with van der Waals surface area (Å²) < 4.78 is 17.3. The first kappa shape index (κ1) is 15.1. The molecule has 1 aliphatic carbocycles. The Hall–Kier alpha value is 0.0700. The van der Waals surface area contributed by atoms with Gasteiger partial charge in [0.15, 0.2) is 0 Å². The molecule has 102 valence electrons. The normalized spacial score (nSPS) is 31.4. The van der Waals surface area contributed by atoms with Gasteiger partial charge in [-0.2, -0.15) is 0 Å². The molecule has 4 heteroatoms. The molecule has 0 aromatic heterocycles. The van der Waals surface area contributed by atoms with Crippen LogP contribution < -0.4 is 5.73 Å². The lowest BCUT2D eigenvalue weighted by Gasteiger charge is -2.34. The molecule has 0 radical (unpaired) electrons. The van der Waals surface area contributed by atoms with Crippen LogP contribution in [0.3, 0.4) is 0 Å². The van der Waals surface area contributed by atoms with Crippen LogP contribution >= 0.6 is 0 Å². The summed E-state index contributed by atoms with van der Waals surface area (Å²) in [5.41, 5.74) is 5.81. The molecular formula is C13H27NO2S. The zero-order valence-electron chi connectivity index (χ0n) is 11.2. The Balaban J connectivity index is 2.47. The first-order valence-electron chi connectivity index (χ1n) is 6.79. The third-order valence-electron chi connectivity index (χ3n) is 3.95. The predicted molar refractivity (Wildman–Crippen MR) is 73.5 cm³/mol. The molecule has 0 bridgehead atoms. The highest BCUT2D eigenvalue weighted by molar-refractivity contribution is 7.85. The van der Waals surface area contributed by atoms with E-state index >= 15 is 0 Å². The molecule has 0 heterocycles. The van der Waals surface area contributed by atoms with E-state index in [1.165, 1.54) is 12.8 Å². The summed E-state index contributed by atoms with van der Waals surface area (Å²) in [6.07, 6.45) is 5.65. The summed E-state index contributed by atoms with van der Waals surface area (Å²) in [5.74, 6) is 2.00. The van der Waals surface area contributed by atoms with E-state index in [2.05, 4.69) is 6.92 Å². The lowest BCUT2D eigenvalue weighted by atomic mass is 9.80. The monoisotopic (exact) mass is 261 g/mol. The fourth-order valence-electron chi connectivity index (χ4n) is 2.73. The molecule has 0 saturated heterocycles. The van der Waals surface area contributed by atoms with Crippen LogP contribution in [0.2, 0.25) is 0 Å². The molecule has 0 spiro atoms. The number of nitrogens with two attached hydrogens (primary N) is 1. The molecule has 0 aliphatic heterocycles. The van der Waals surface area contributed by atoms with Gasteiger partial charge in [0.05, 0.1) is 0 Å². The van der Waals surface area contributed by atoms with Crippen LogP contribution in [0, 0.1) is 11.8 Å². The zero-order valence-corrected chi connectivity index (χ0v) is 12.0. The van der Waals surface area contributed by atoms with Crippen LogP contribution in [0.15, 0.2) is 0 Å². The predicted octanol–water partition coefficient (Wildman–Crippen LogP) is 1.93. The van der Waals surface area contributed by atoms with Gasteiger partial charge in [-0.05, 0) is 37.6 Å². The summed E-state index contributed by atoms with van der Waals surface area (Å²) in [6, 6.07) is 0. The second kappa shape index (κ2) is 8.22. The molecule has 1 aliphatic rings. The fourth-order valence-corrected chi connectivity index (χ4v) is 4.60. The zero-order chi connectivity index (χ0) is 12.7. The van der Waals surface area contributed by atoms with Crippen molar-refractivity contribution in [3.63, 3.8) is 0 Å². The van der Waals surface area contributed by atoms with E-state index in [0.29, 0.717) is 24.3 Å². The van der Waals surface area contributed by atoms with Crippen LogP contribution in [0.5, 0.6) is 0 Å². The third-order valence-corrected chi connectivity index (χ3v) is 5.89. The smallest absolute Gasteiger partial charge is 0.0471 e. The molecular weight excluding hydrogens is 234 g/mol. The van der Waals surface area contributed by atoms with Crippen LogP contribution in [0.25, 0.3) is 0 Å². The van der Waals surface area contributed by atoms with Crippen LogP contribution in [-0.4, -0.2) is 35.5 Å². The van der Waals surface area contributed by atoms with Crippen molar-refractivity contribution in [1.29, 1.82) is 0 Å². The Labute approximate surface area is 108 Å². The summed E-state index contributed by atoms with van der Waals surface area (Å²) in [7, 11) is 0.974. The van der Waals surface area contributed by atoms with Crippen molar-refractivity contribution in [1.82, 2.24) is 0 Å². The molecule has 17 heavy (non-hydrogen) atoms. The molecule has 1 fully saturated rings. The number of rotatable bonds is 7. The number of hydrogen-bond donors (Lipinski definition) is 1. The largest absolute Gasteiger partial charge is 0.385 e. The van der Waals surface area contributed by atoms with E-state index in [1.54, 1.807) is 7.11 Å². The SMILES string of the molecule is CCC1CCC(CN)C(S(=O)CCCOC)C1. The van der Waals surface area contributed by atoms with Crippen molar-refractivity contribution >= 4 is 10.8 Å². The van der Waals surface area contributed by atoms with Crippen molar-refractivity contribution in [2.24, 2.45) is 17.6 Å². The Morgan fingerprint density at radius 3 is 2.76 bits per heavy atom. The minimum absolute atomic E-state index is 0.329. The van der Waals surface area contributed by atoms with Crippen LogP contribution in [-0.2, 0) is 15.5 Å². The molecule has 1 rings (SSSR count). The molecule has 0 aromatic carbocycles. The number of hydrogen-bond acceptors (Lipinski definition) is 3. The van der Waals surface area contributed by atoms with E-state index in [-0.39, 0.29) is 0 Å². The second-order valence-corrected chi connectivity index (χ2v) is 6.83. The minimum Gasteiger partial charge on any atom is -0.385 e. The maximum Gasteiger partial charge on any atom is 0.0471 e. The fraction of sp³-hybridized carbons (Fsp3) is 1.00. The second-order valence-electron chi connectivity index (χ2n) is 5.05. The van der Waals surface area contributed by atoms with Gasteiger partial charge in [-0.3, -0.25) is 4.21 Å². The van der Waals surface area contributed by atoms with E-state index in [9.17, 15) is 4.21 Å². The van der Waals surface area contributed by atoms with Crippen molar-refractivity contribution in [3.8, 4) is 0 Å². The average molecular weight is 261 g/mol. The highest BCUT2D eigenvalue weighted by Crippen LogP contribution is 2.33. The van der Waals surface area contributed by atoms with Gasteiger partial charge in [-0.25, -0.2) is 0 Å². The first-order chi connectivity index (χ1) is 8.22. The van der Waals surface area contributed by atoms with E-state index in [4.69, 9.17) is 10.5 Å². The lowest BCUT2D eigenvalue weighted by molar-refractivity contribution is 0.199. The summed E-state index contributed by atoms with van der Waals surface area (Å²) in [5, 5.41) is 0.329. The van der Waals surface area contributed by atoms with Crippen LogP contribution in [0.1, 0.15) is 39.0 Å². The van der Waals surface area contributed by atoms with E-state index < -0.39 is 10.8 Å². The topological polar surface area (TPSA) is 52.3 Å². The van der Waals surface area contributed by atoms with Gasteiger partial charge in [0, 0.05) is 35.5 Å². The number of ether oxygens (including phenoxy) is 1. The standard InChI is InChI=1S/C13H27NO2S/c1-3-11-5-6-12(10-14)13(9-11)17(15)8-4-7-16-2/h11-13H,3-10,14H2,1-2H3. The van der Waals surface area contributed by atoms with Gasteiger partial charge in [-0.1, -0.05) is 19.8 Å². The van der Waals surface area contributed by atoms with Gasteiger partial charge < -0.3 is 10.5 Å². The van der Waals surface area contributed by atoms with Crippen molar-refractivity contribution in [2.45, 2.75) is 44.3 Å². The summed E-state index contributed by atoms with van der Waals surface area (Å²) >= 11 is 0. The molecule has 0 aromatic rings. The van der Waals surface area contributed by atoms with Gasteiger partial charge >= 0.3 is 0 Å². The van der Waals surface area contributed by atoms with Gasteiger partial charge in [0.1, 0.15) is 0 Å². The van der Waals surface area contributed by atoms with Crippen molar-refractivity contribution in [3.05, 3.63) is 0 Å². The van der Waals surface area contributed by atoms with Crippen molar-refractivity contribution < 1.29 is 8.95 Å². The van der Waals surface area contributed by atoms with E-state index in [0.717, 1.165) is 30.9 Å². The molecule has 3 nitrogen and oxygen atoms in total. The first-order valence-corrected chi connectivity index (χ1v) is 8.17.